The molecule has 1 amide bonds. The van der Waals surface area contributed by atoms with E-state index in [1.165, 1.54) is 19.4 Å². The van der Waals surface area contributed by atoms with Crippen molar-refractivity contribution in [2.75, 3.05) is 7.05 Å². The minimum Gasteiger partial charge on any atom is -0.337 e. The van der Waals surface area contributed by atoms with Crippen molar-refractivity contribution in [1.82, 2.24) is 15.1 Å². The van der Waals surface area contributed by atoms with Crippen LogP contribution < -0.4 is 0 Å². The highest BCUT2D eigenvalue weighted by molar-refractivity contribution is 5.94. The van der Waals surface area contributed by atoms with Crippen molar-refractivity contribution < 1.29 is 22.4 Å². The van der Waals surface area contributed by atoms with Gasteiger partial charge in [-0.1, -0.05) is 6.07 Å². The molecule has 1 N–H and O–H groups in total. The molecule has 0 saturated carbocycles. The lowest BCUT2D eigenvalue weighted by Gasteiger charge is -2.18. The first-order valence-electron chi connectivity index (χ1n) is 5.89. The van der Waals surface area contributed by atoms with Crippen LogP contribution in [0.25, 0.3) is 0 Å². The van der Waals surface area contributed by atoms with Gasteiger partial charge < -0.3 is 4.90 Å². The quantitative estimate of drug-likeness (QED) is 0.886. The summed E-state index contributed by atoms with van der Waals surface area (Å²) in [6.45, 7) is 0.102. The van der Waals surface area contributed by atoms with Crippen LogP contribution >= 0.6 is 0 Å². The zero-order chi connectivity index (χ0) is 15.6. The lowest BCUT2D eigenvalue weighted by atomic mass is 10.1. The highest BCUT2D eigenvalue weighted by atomic mass is 19.4. The summed E-state index contributed by atoms with van der Waals surface area (Å²) in [4.78, 5) is 13.2. The fourth-order valence-electron chi connectivity index (χ4n) is 1.83. The maximum absolute atomic E-state index is 13.9. The number of nitrogens with zero attached hydrogens (tertiary/aromatic N) is 2. The summed E-state index contributed by atoms with van der Waals surface area (Å²) in [5, 5.41) is 6.23. The number of alkyl halides is 3. The Morgan fingerprint density at radius 1 is 1.38 bits per heavy atom. The van der Waals surface area contributed by atoms with Gasteiger partial charge in [-0.15, -0.1) is 0 Å². The minimum absolute atomic E-state index is 0.102. The number of H-pyrrole nitrogens is 1. The van der Waals surface area contributed by atoms with Gasteiger partial charge in [0.25, 0.3) is 5.91 Å². The molecule has 4 nitrogen and oxygen atoms in total. The molecule has 0 aliphatic heterocycles. The summed E-state index contributed by atoms with van der Waals surface area (Å²) in [5.74, 6) is -2.39. The number of carbonyl (C=O) groups excluding carboxylic acids is 1. The number of rotatable bonds is 3. The summed E-state index contributed by atoms with van der Waals surface area (Å²) in [5.41, 5.74) is -1.42. The highest BCUT2D eigenvalue weighted by Crippen LogP contribution is 2.32. The van der Waals surface area contributed by atoms with Crippen LogP contribution in [0.1, 0.15) is 21.5 Å². The molecule has 1 aromatic heterocycles. The number of aromatic nitrogens is 2. The minimum atomic E-state index is -4.84. The van der Waals surface area contributed by atoms with E-state index in [4.69, 9.17) is 0 Å². The number of hydrogen-bond donors (Lipinski definition) is 1. The van der Waals surface area contributed by atoms with E-state index >= 15 is 0 Å². The third-order valence-corrected chi connectivity index (χ3v) is 2.86. The fourth-order valence-corrected chi connectivity index (χ4v) is 1.83. The molecule has 0 unspecified atom stereocenters. The molecule has 0 radical (unpaired) electrons. The number of hydrogen-bond acceptors (Lipinski definition) is 2. The molecule has 0 aliphatic carbocycles. The molecule has 0 spiro atoms. The molecule has 1 heterocycles. The Morgan fingerprint density at radius 2 is 2.10 bits per heavy atom. The zero-order valence-corrected chi connectivity index (χ0v) is 10.9. The molecule has 0 saturated heterocycles. The maximum atomic E-state index is 13.9. The number of halogens is 4. The maximum Gasteiger partial charge on any atom is 0.419 e. The van der Waals surface area contributed by atoms with Crippen molar-refractivity contribution in [1.29, 1.82) is 0 Å². The van der Waals surface area contributed by atoms with Crippen LogP contribution in [0.15, 0.2) is 30.6 Å². The second-order valence-corrected chi connectivity index (χ2v) is 4.43. The van der Waals surface area contributed by atoms with Gasteiger partial charge in [-0.25, -0.2) is 4.39 Å². The van der Waals surface area contributed by atoms with Gasteiger partial charge in [-0.05, 0) is 12.1 Å². The van der Waals surface area contributed by atoms with E-state index in [-0.39, 0.29) is 6.54 Å². The van der Waals surface area contributed by atoms with Gasteiger partial charge in [0.2, 0.25) is 0 Å². The monoisotopic (exact) mass is 301 g/mol. The summed E-state index contributed by atoms with van der Waals surface area (Å²) >= 11 is 0. The average Bonchev–Trinajstić information content (AvgIpc) is 2.89. The van der Waals surface area contributed by atoms with Crippen LogP contribution in [-0.2, 0) is 12.7 Å². The van der Waals surface area contributed by atoms with Crippen molar-refractivity contribution in [3.63, 3.8) is 0 Å². The van der Waals surface area contributed by atoms with Gasteiger partial charge in [0.1, 0.15) is 5.82 Å². The third-order valence-electron chi connectivity index (χ3n) is 2.86. The van der Waals surface area contributed by atoms with Crippen molar-refractivity contribution in [2.45, 2.75) is 12.7 Å². The number of nitrogens with one attached hydrogen (secondary N) is 1. The Bertz CT molecular complexity index is 637. The molecule has 0 aliphatic rings. The molecule has 8 heteroatoms. The molecular weight excluding hydrogens is 290 g/mol. The van der Waals surface area contributed by atoms with Gasteiger partial charge in [0.05, 0.1) is 17.3 Å². The molecule has 2 rings (SSSR count). The fraction of sp³-hybridized carbons (Fsp3) is 0.231. The van der Waals surface area contributed by atoms with Crippen LogP contribution in [0.3, 0.4) is 0 Å². The largest absolute Gasteiger partial charge is 0.419 e. The molecule has 1 aromatic carbocycles. The Kier molecular flexibility index (Phi) is 3.97. The first kappa shape index (κ1) is 15.0. The lowest BCUT2D eigenvalue weighted by Crippen LogP contribution is -2.27. The van der Waals surface area contributed by atoms with E-state index < -0.39 is 29.0 Å². The van der Waals surface area contributed by atoms with Crippen LogP contribution in [0.4, 0.5) is 17.6 Å². The molecule has 0 fully saturated rings. The first-order valence-corrected chi connectivity index (χ1v) is 5.89. The Labute approximate surface area is 117 Å². The average molecular weight is 301 g/mol. The number of benzene rings is 1. The smallest absolute Gasteiger partial charge is 0.337 e. The molecule has 112 valence electrons. The van der Waals surface area contributed by atoms with Gasteiger partial charge in [0, 0.05) is 25.4 Å². The highest BCUT2D eigenvalue weighted by Gasteiger charge is 2.36. The van der Waals surface area contributed by atoms with Crippen LogP contribution in [0.5, 0.6) is 0 Å². The van der Waals surface area contributed by atoms with Crippen LogP contribution in [0, 0.1) is 5.82 Å². The van der Waals surface area contributed by atoms with Crippen molar-refractivity contribution in [3.8, 4) is 0 Å². The van der Waals surface area contributed by atoms with Crippen molar-refractivity contribution >= 4 is 5.91 Å². The Balaban J connectivity index is 2.27. The molecule has 0 bridgehead atoms. The lowest BCUT2D eigenvalue weighted by molar-refractivity contribution is -0.140. The van der Waals surface area contributed by atoms with E-state index in [0.29, 0.717) is 11.6 Å². The summed E-state index contributed by atoms with van der Waals surface area (Å²) in [6, 6.07) is 2.63. The predicted molar refractivity (Wildman–Crippen MR) is 65.8 cm³/mol. The summed E-state index contributed by atoms with van der Waals surface area (Å²) in [6.07, 6.45) is -1.85. The predicted octanol–water partition coefficient (Wildman–Crippen LogP) is 2.84. The van der Waals surface area contributed by atoms with E-state index in [2.05, 4.69) is 10.2 Å². The number of aromatic amines is 1. The molecular formula is C13H11F4N3O. The Hall–Kier alpha value is -2.38. The topological polar surface area (TPSA) is 49.0 Å². The number of carbonyl (C=O) groups is 1. The summed E-state index contributed by atoms with van der Waals surface area (Å²) < 4.78 is 51.7. The van der Waals surface area contributed by atoms with Crippen LogP contribution in [-0.4, -0.2) is 28.1 Å². The van der Waals surface area contributed by atoms with Gasteiger partial charge in [-0.3, -0.25) is 9.89 Å². The van der Waals surface area contributed by atoms with E-state index in [0.717, 1.165) is 17.0 Å². The zero-order valence-electron chi connectivity index (χ0n) is 10.9. The first-order chi connectivity index (χ1) is 9.80. The molecule has 21 heavy (non-hydrogen) atoms. The second-order valence-electron chi connectivity index (χ2n) is 4.43. The molecule has 2 aromatic rings. The van der Waals surface area contributed by atoms with Gasteiger partial charge in [-0.2, -0.15) is 18.3 Å². The number of amides is 1. The van der Waals surface area contributed by atoms with E-state index in [1.54, 1.807) is 0 Å². The SMILES string of the molecule is CN(Cc1cn[nH]c1)C(=O)c1cccc(C(F)(F)F)c1F. The standard InChI is InChI=1S/C13H11F4N3O/c1-20(7-8-5-18-19-6-8)12(21)9-3-2-4-10(11(9)14)13(15,16)17/h2-6H,7H2,1H3,(H,18,19). The van der Waals surface area contributed by atoms with E-state index in [9.17, 15) is 22.4 Å². The second kappa shape index (κ2) is 5.55. The van der Waals surface area contributed by atoms with Crippen LogP contribution in [0.2, 0.25) is 0 Å². The molecule has 0 atom stereocenters. The van der Waals surface area contributed by atoms with Crippen molar-refractivity contribution in [3.05, 3.63) is 53.1 Å². The third kappa shape index (κ3) is 3.21. The normalized spacial score (nSPS) is 11.5. The van der Waals surface area contributed by atoms with Crippen molar-refractivity contribution in [2.24, 2.45) is 0 Å². The Morgan fingerprint density at radius 3 is 2.67 bits per heavy atom. The van der Waals surface area contributed by atoms with E-state index in [1.807, 2.05) is 0 Å². The van der Waals surface area contributed by atoms with Gasteiger partial charge in [0.15, 0.2) is 0 Å². The van der Waals surface area contributed by atoms with Gasteiger partial charge >= 0.3 is 6.18 Å². The summed E-state index contributed by atoms with van der Waals surface area (Å²) in [7, 11) is 1.37.